The summed E-state index contributed by atoms with van der Waals surface area (Å²) >= 11 is 0. The van der Waals surface area contributed by atoms with Crippen molar-refractivity contribution in [1.82, 2.24) is 0 Å². The van der Waals surface area contributed by atoms with Gasteiger partial charge in [0.2, 0.25) is 0 Å². The summed E-state index contributed by atoms with van der Waals surface area (Å²) in [6.45, 7) is 6.59. The predicted octanol–water partition coefficient (Wildman–Crippen LogP) is 1.27. The van der Waals surface area contributed by atoms with E-state index in [1.54, 1.807) is 0 Å². The maximum absolute atomic E-state index is 8.51. The SMILES string of the molecule is CC(C)[C@H](C)CO. The minimum atomic E-state index is 0.317. The van der Waals surface area contributed by atoms with Crippen LogP contribution in [0.1, 0.15) is 20.8 Å². The summed E-state index contributed by atoms with van der Waals surface area (Å²) in [6.07, 6.45) is 0. The lowest BCUT2D eigenvalue weighted by Crippen LogP contribution is -2.07. The summed E-state index contributed by atoms with van der Waals surface area (Å²) in [5.74, 6) is 1.07. The molecule has 0 aliphatic carbocycles. The van der Waals surface area contributed by atoms with Crippen molar-refractivity contribution in [2.45, 2.75) is 20.8 Å². The van der Waals surface area contributed by atoms with Crippen molar-refractivity contribution in [3.05, 3.63) is 0 Å². The fourth-order valence-electron chi connectivity index (χ4n) is 0.211. The van der Waals surface area contributed by atoms with Crippen molar-refractivity contribution >= 4 is 0 Å². The number of aliphatic hydroxyl groups is 1. The number of aliphatic hydroxyl groups excluding tert-OH is 1. The average molecular weight is 102 g/mol. The predicted molar refractivity (Wildman–Crippen MR) is 31.1 cm³/mol. The molecule has 1 N–H and O–H groups in total. The molecule has 0 unspecified atom stereocenters. The molecule has 7 heavy (non-hydrogen) atoms. The minimum Gasteiger partial charge on any atom is -0.396 e. The van der Waals surface area contributed by atoms with Crippen LogP contribution < -0.4 is 0 Å². The smallest absolute Gasteiger partial charge is 0.0459 e. The Balaban J connectivity index is 3.14. The Labute approximate surface area is 45.4 Å². The van der Waals surface area contributed by atoms with Gasteiger partial charge in [-0.3, -0.25) is 0 Å². The lowest BCUT2D eigenvalue weighted by atomic mass is 10.00. The molecule has 0 fully saturated rings. The van der Waals surface area contributed by atoms with Crippen molar-refractivity contribution in [2.75, 3.05) is 6.61 Å². The highest BCUT2D eigenvalue weighted by Crippen LogP contribution is 2.06. The second-order valence-corrected chi connectivity index (χ2v) is 2.40. The van der Waals surface area contributed by atoms with Gasteiger partial charge in [0.15, 0.2) is 0 Å². The third kappa shape index (κ3) is 2.63. The lowest BCUT2D eigenvalue weighted by molar-refractivity contribution is 0.203. The molecule has 0 saturated heterocycles. The first-order valence-electron chi connectivity index (χ1n) is 2.79. The Morgan fingerprint density at radius 1 is 1.29 bits per heavy atom. The summed E-state index contributed by atoms with van der Waals surface area (Å²) in [5, 5.41) is 8.51. The van der Waals surface area contributed by atoms with Gasteiger partial charge in [-0.2, -0.15) is 0 Å². The first-order chi connectivity index (χ1) is 3.18. The van der Waals surface area contributed by atoms with Crippen molar-refractivity contribution in [2.24, 2.45) is 11.8 Å². The molecule has 1 heteroatoms. The highest BCUT2D eigenvalue weighted by Gasteiger charge is 2.02. The standard InChI is InChI=1S/C6H14O/c1-5(2)6(3)4-7/h5-7H,4H2,1-3H3/t6-/m1/s1. The van der Waals surface area contributed by atoms with E-state index < -0.39 is 0 Å². The van der Waals surface area contributed by atoms with Crippen LogP contribution in [-0.4, -0.2) is 11.7 Å². The van der Waals surface area contributed by atoms with Crippen molar-refractivity contribution in [3.8, 4) is 0 Å². The Hall–Kier alpha value is -0.0400. The van der Waals surface area contributed by atoms with E-state index in [2.05, 4.69) is 13.8 Å². The molecule has 0 rings (SSSR count). The third-order valence-corrected chi connectivity index (χ3v) is 1.43. The van der Waals surface area contributed by atoms with E-state index in [-0.39, 0.29) is 0 Å². The van der Waals surface area contributed by atoms with Crippen molar-refractivity contribution in [3.63, 3.8) is 0 Å². The van der Waals surface area contributed by atoms with Crippen LogP contribution in [0, 0.1) is 11.8 Å². The molecule has 0 aromatic heterocycles. The Morgan fingerprint density at radius 3 is 1.71 bits per heavy atom. The molecule has 0 aromatic rings. The molecule has 0 saturated carbocycles. The van der Waals surface area contributed by atoms with E-state index in [1.165, 1.54) is 0 Å². The monoisotopic (exact) mass is 102 g/mol. The zero-order valence-electron chi connectivity index (χ0n) is 5.31. The summed E-state index contributed by atoms with van der Waals surface area (Å²) in [6, 6.07) is 0. The molecule has 0 bridgehead atoms. The molecular formula is C6H14O. The van der Waals surface area contributed by atoms with Crippen molar-refractivity contribution < 1.29 is 5.11 Å². The highest BCUT2D eigenvalue weighted by atomic mass is 16.3. The fraction of sp³-hybridized carbons (Fsp3) is 1.00. The van der Waals surface area contributed by atoms with Crippen LogP contribution in [0.2, 0.25) is 0 Å². The van der Waals surface area contributed by atoms with Gasteiger partial charge in [0.05, 0.1) is 0 Å². The van der Waals surface area contributed by atoms with E-state index >= 15 is 0 Å². The molecular weight excluding hydrogens is 88.1 g/mol. The van der Waals surface area contributed by atoms with Gasteiger partial charge >= 0.3 is 0 Å². The maximum Gasteiger partial charge on any atom is 0.0459 e. The van der Waals surface area contributed by atoms with E-state index in [9.17, 15) is 0 Å². The van der Waals surface area contributed by atoms with Gasteiger partial charge in [0.1, 0.15) is 0 Å². The molecule has 0 aromatic carbocycles. The molecule has 0 aliphatic rings. The van der Waals surface area contributed by atoms with Gasteiger partial charge in [-0.15, -0.1) is 0 Å². The van der Waals surface area contributed by atoms with E-state index in [4.69, 9.17) is 5.11 Å². The molecule has 0 spiro atoms. The summed E-state index contributed by atoms with van der Waals surface area (Å²) < 4.78 is 0. The lowest BCUT2D eigenvalue weighted by Gasteiger charge is -2.09. The minimum absolute atomic E-state index is 0.317. The van der Waals surface area contributed by atoms with Gasteiger partial charge in [0.25, 0.3) is 0 Å². The first kappa shape index (κ1) is 6.96. The quantitative estimate of drug-likeness (QED) is 0.556. The van der Waals surface area contributed by atoms with Crippen LogP contribution in [0.3, 0.4) is 0 Å². The number of hydrogen-bond donors (Lipinski definition) is 1. The normalized spacial score (nSPS) is 15.0. The van der Waals surface area contributed by atoms with Crippen LogP contribution in [0.25, 0.3) is 0 Å². The van der Waals surface area contributed by atoms with Crippen LogP contribution >= 0.6 is 0 Å². The maximum atomic E-state index is 8.51. The Kier molecular flexibility index (Phi) is 3.01. The van der Waals surface area contributed by atoms with Crippen LogP contribution in [-0.2, 0) is 0 Å². The van der Waals surface area contributed by atoms with Crippen LogP contribution in [0.5, 0.6) is 0 Å². The summed E-state index contributed by atoms with van der Waals surface area (Å²) in [5.41, 5.74) is 0. The number of hydrogen-bond acceptors (Lipinski definition) is 1. The van der Waals surface area contributed by atoms with E-state index in [0.717, 1.165) is 0 Å². The van der Waals surface area contributed by atoms with Crippen LogP contribution in [0.15, 0.2) is 0 Å². The first-order valence-corrected chi connectivity index (χ1v) is 2.79. The molecule has 0 radical (unpaired) electrons. The van der Waals surface area contributed by atoms with Gasteiger partial charge in [-0.25, -0.2) is 0 Å². The van der Waals surface area contributed by atoms with Crippen molar-refractivity contribution in [1.29, 1.82) is 0 Å². The molecule has 0 amide bonds. The largest absolute Gasteiger partial charge is 0.396 e. The Bertz CT molecular complexity index is 41.4. The molecule has 44 valence electrons. The molecule has 1 atom stereocenters. The molecule has 0 heterocycles. The number of rotatable bonds is 2. The topological polar surface area (TPSA) is 20.2 Å². The van der Waals surface area contributed by atoms with Gasteiger partial charge < -0.3 is 5.11 Å². The van der Waals surface area contributed by atoms with E-state index in [1.807, 2.05) is 6.92 Å². The zero-order valence-corrected chi connectivity index (χ0v) is 5.31. The summed E-state index contributed by atoms with van der Waals surface area (Å²) in [7, 11) is 0. The average Bonchev–Trinajstić information content (AvgIpc) is 1.65. The molecule has 0 aliphatic heterocycles. The second kappa shape index (κ2) is 3.03. The van der Waals surface area contributed by atoms with E-state index in [0.29, 0.717) is 18.4 Å². The van der Waals surface area contributed by atoms with Gasteiger partial charge in [-0.05, 0) is 11.8 Å². The fourth-order valence-corrected chi connectivity index (χ4v) is 0.211. The van der Waals surface area contributed by atoms with Gasteiger partial charge in [0, 0.05) is 6.61 Å². The molecule has 1 nitrogen and oxygen atoms in total. The Morgan fingerprint density at radius 2 is 1.71 bits per heavy atom. The van der Waals surface area contributed by atoms with Crippen LogP contribution in [0.4, 0.5) is 0 Å². The highest BCUT2D eigenvalue weighted by molar-refractivity contribution is 4.52. The zero-order chi connectivity index (χ0) is 5.86. The van der Waals surface area contributed by atoms with Gasteiger partial charge in [-0.1, -0.05) is 20.8 Å². The summed E-state index contributed by atoms with van der Waals surface area (Å²) in [4.78, 5) is 0. The third-order valence-electron chi connectivity index (χ3n) is 1.43. The second-order valence-electron chi connectivity index (χ2n) is 2.40.